The fourth-order valence-electron chi connectivity index (χ4n) is 1.07. The van der Waals surface area contributed by atoms with Crippen LogP contribution in [-0.2, 0) is 11.2 Å². The Labute approximate surface area is 99.2 Å². The standard InChI is InChI=1S/C9H7FN4O2S/c10-5-2-11-8(12-3-5)14-9-13-6(4-17-9)1-7(15)16/h2-4H,1H2,(H,15,16)(H,11,12,13,14). The number of anilines is 2. The number of carbonyl (C=O) groups is 1. The Morgan fingerprint density at radius 1 is 1.47 bits per heavy atom. The van der Waals surface area contributed by atoms with Gasteiger partial charge in [0.1, 0.15) is 0 Å². The topological polar surface area (TPSA) is 88.0 Å². The molecule has 0 saturated heterocycles. The van der Waals surface area contributed by atoms with E-state index in [4.69, 9.17) is 5.11 Å². The highest BCUT2D eigenvalue weighted by Crippen LogP contribution is 2.18. The molecular formula is C9H7FN4O2S. The third-order valence-electron chi connectivity index (χ3n) is 1.72. The van der Waals surface area contributed by atoms with Crippen LogP contribution in [0.4, 0.5) is 15.5 Å². The summed E-state index contributed by atoms with van der Waals surface area (Å²) in [5.74, 6) is -1.26. The van der Waals surface area contributed by atoms with Crippen molar-refractivity contribution in [2.75, 3.05) is 5.32 Å². The average Bonchev–Trinajstić information content (AvgIpc) is 2.68. The van der Waals surface area contributed by atoms with Crippen molar-refractivity contribution in [1.29, 1.82) is 0 Å². The number of halogens is 1. The van der Waals surface area contributed by atoms with E-state index in [0.29, 0.717) is 10.8 Å². The molecule has 8 heteroatoms. The van der Waals surface area contributed by atoms with Crippen molar-refractivity contribution in [3.63, 3.8) is 0 Å². The number of carboxylic acids is 1. The van der Waals surface area contributed by atoms with Gasteiger partial charge in [-0.1, -0.05) is 0 Å². The zero-order valence-corrected chi connectivity index (χ0v) is 9.24. The van der Waals surface area contributed by atoms with Crippen LogP contribution in [0.25, 0.3) is 0 Å². The molecular weight excluding hydrogens is 247 g/mol. The first-order chi connectivity index (χ1) is 8.13. The van der Waals surface area contributed by atoms with E-state index in [0.717, 1.165) is 12.4 Å². The number of hydrogen-bond acceptors (Lipinski definition) is 6. The number of rotatable bonds is 4. The highest BCUT2D eigenvalue weighted by atomic mass is 32.1. The first-order valence-corrected chi connectivity index (χ1v) is 5.42. The molecule has 0 aliphatic heterocycles. The largest absolute Gasteiger partial charge is 0.481 e. The molecule has 6 nitrogen and oxygen atoms in total. The highest BCUT2D eigenvalue weighted by molar-refractivity contribution is 7.13. The minimum Gasteiger partial charge on any atom is -0.481 e. The molecule has 0 aromatic carbocycles. The van der Waals surface area contributed by atoms with Gasteiger partial charge in [-0.05, 0) is 0 Å². The van der Waals surface area contributed by atoms with E-state index >= 15 is 0 Å². The Morgan fingerprint density at radius 2 is 2.18 bits per heavy atom. The monoisotopic (exact) mass is 254 g/mol. The van der Waals surface area contributed by atoms with Gasteiger partial charge in [0.15, 0.2) is 10.9 Å². The zero-order chi connectivity index (χ0) is 12.3. The predicted molar refractivity (Wildman–Crippen MR) is 58.7 cm³/mol. The van der Waals surface area contributed by atoms with E-state index in [1.807, 2.05) is 0 Å². The van der Waals surface area contributed by atoms with Crippen molar-refractivity contribution in [2.45, 2.75) is 6.42 Å². The molecule has 0 bridgehead atoms. The van der Waals surface area contributed by atoms with Crippen LogP contribution >= 0.6 is 11.3 Å². The van der Waals surface area contributed by atoms with Crippen LogP contribution in [0.1, 0.15) is 5.69 Å². The van der Waals surface area contributed by atoms with E-state index in [9.17, 15) is 9.18 Å². The Hall–Kier alpha value is -2.09. The van der Waals surface area contributed by atoms with Gasteiger partial charge >= 0.3 is 5.97 Å². The fourth-order valence-corrected chi connectivity index (χ4v) is 1.78. The molecule has 0 fully saturated rings. The summed E-state index contributed by atoms with van der Waals surface area (Å²) >= 11 is 1.23. The van der Waals surface area contributed by atoms with E-state index < -0.39 is 11.8 Å². The summed E-state index contributed by atoms with van der Waals surface area (Å²) < 4.78 is 12.5. The minimum atomic E-state index is -0.945. The fraction of sp³-hybridized carbons (Fsp3) is 0.111. The van der Waals surface area contributed by atoms with Gasteiger partial charge in [-0.15, -0.1) is 11.3 Å². The third kappa shape index (κ3) is 3.18. The molecule has 0 saturated carbocycles. The molecule has 88 valence electrons. The van der Waals surface area contributed by atoms with Crippen LogP contribution in [-0.4, -0.2) is 26.0 Å². The minimum absolute atomic E-state index is 0.136. The molecule has 17 heavy (non-hydrogen) atoms. The summed E-state index contributed by atoms with van der Waals surface area (Å²) in [5, 5.41) is 13.4. The molecule has 0 aliphatic rings. The predicted octanol–water partition coefficient (Wildman–Crippen LogP) is 1.44. The van der Waals surface area contributed by atoms with Crippen molar-refractivity contribution >= 4 is 28.4 Å². The first-order valence-electron chi connectivity index (χ1n) is 4.54. The van der Waals surface area contributed by atoms with Gasteiger partial charge < -0.3 is 10.4 Å². The normalized spacial score (nSPS) is 10.2. The van der Waals surface area contributed by atoms with Gasteiger partial charge in [-0.25, -0.2) is 19.3 Å². The van der Waals surface area contributed by atoms with Crippen molar-refractivity contribution in [3.8, 4) is 0 Å². The van der Waals surface area contributed by atoms with Crippen LogP contribution in [0, 0.1) is 5.82 Å². The molecule has 0 atom stereocenters. The molecule has 2 aromatic heterocycles. The SMILES string of the molecule is O=C(O)Cc1csc(Nc2ncc(F)cn2)n1. The number of aliphatic carboxylic acids is 1. The summed E-state index contributed by atoms with van der Waals surface area (Å²) in [6, 6.07) is 0. The molecule has 0 spiro atoms. The summed E-state index contributed by atoms with van der Waals surface area (Å²) in [6.07, 6.45) is 1.92. The molecule has 2 rings (SSSR count). The lowest BCUT2D eigenvalue weighted by Crippen LogP contribution is -2.01. The van der Waals surface area contributed by atoms with Crippen molar-refractivity contribution in [2.24, 2.45) is 0 Å². The summed E-state index contributed by atoms with van der Waals surface area (Å²) in [6.45, 7) is 0. The lowest BCUT2D eigenvalue weighted by molar-refractivity contribution is -0.136. The van der Waals surface area contributed by atoms with Crippen molar-refractivity contribution in [1.82, 2.24) is 15.0 Å². The quantitative estimate of drug-likeness (QED) is 0.858. The smallest absolute Gasteiger partial charge is 0.309 e. The summed E-state index contributed by atoms with van der Waals surface area (Å²) in [4.78, 5) is 21.9. The van der Waals surface area contributed by atoms with Crippen molar-refractivity contribution in [3.05, 3.63) is 29.3 Å². The van der Waals surface area contributed by atoms with E-state index in [1.165, 1.54) is 11.3 Å². The lowest BCUT2D eigenvalue weighted by atomic mass is 10.3. The molecule has 0 amide bonds. The number of carboxylic acid groups (broad SMARTS) is 1. The molecule has 0 aliphatic carbocycles. The second-order valence-corrected chi connectivity index (χ2v) is 3.92. The maximum atomic E-state index is 12.5. The maximum absolute atomic E-state index is 12.5. The molecule has 2 N–H and O–H groups in total. The third-order valence-corrected chi connectivity index (χ3v) is 2.53. The van der Waals surface area contributed by atoms with Gasteiger partial charge in [0.05, 0.1) is 24.5 Å². The Balaban J connectivity index is 2.06. The Bertz CT molecular complexity index is 528. The van der Waals surface area contributed by atoms with Gasteiger partial charge in [-0.3, -0.25) is 4.79 Å². The van der Waals surface area contributed by atoms with Gasteiger partial charge in [0.2, 0.25) is 5.95 Å². The molecule has 0 unspecified atom stereocenters. The zero-order valence-electron chi connectivity index (χ0n) is 8.42. The summed E-state index contributed by atoms with van der Waals surface area (Å²) in [7, 11) is 0. The number of hydrogen-bond donors (Lipinski definition) is 2. The first kappa shape index (κ1) is 11.4. The van der Waals surface area contributed by atoms with Crippen molar-refractivity contribution < 1.29 is 14.3 Å². The molecule has 0 radical (unpaired) electrons. The second kappa shape index (κ2) is 4.83. The van der Waals surface area contributed by atoms with Crippen LogP contribution in [0.15, 0.2) is 17.8 Å². The second-order valence-electron chi connectivity index (χ2n) is 3.06. The van der Waals surface area contributed by atoms with Crippen LogP contribution in [0.5, 0.6) is 0 Å². The summed E-state index contributed by atoms with van der Waals surface area (Å²) in [5.41, 5.74) is 0.451. The molecule has 2 heterocycles. The Kier molecular flexibility index (Phi) is 3.24. The number of nitrogens with zero attached hydrogens (tertiary/aromatic N) is 3. The van der Waals surface area contributed by atoms with Gasteiger partial charge in [0.25, 0.3) is 0 Å². The number of aromatic nitrogens is 3. The van der Waals surface area contributed by atoms with E-state index in [-0.39, 0.29) is 12.4 Å². The van der Waals surface area contributed by atoms with Gasteiger partial charge in [0, 0.05) is 5.38 Å². The lowest BCUT2D eigenvalue weighted by Gasteiger charge is -1.98. The van der Waals surface area contributed by atoms with Crippen LogP contribution in [0.3, 0.4) is 0 Å². The van der Waals surface area contributed by atoms with Crippen LogP contribution in [0.2, 0.25) is 0 Å². The van der Waals surface area contributed by atoms with E-state index in [1.54, 1.807) is 5.38 Å². The van der Waals surface area contributed by atoms with E-state index in [2.05, 4.69) is 20.3 Å². The maximum Gasteiger partial charge on any atom is 0.309 e. The Morgan fingerprint density at radius 3 is 2.82 bits per heavy atom. The highest BCUT2D eigenvalue weighted by Gasteiger charge is 2.07. The van der Waals surface area contributed by atoms with Gasteiger partial charge in [-0.2, -0.15) is 0 Å². The van der Waals surface area contributed by atoms with Crippen LogP contribution < -0.4 is 5.32 Å². The number of thiazole rings is 1. The average molecular weight is 254 g/mol. The number of nitrogens with one attached hydrogen (secondary N) is 1. The molecule has 2 aromatic rings.